The zero-order chi connectivity index (χ0) is 19.1. The highest BCUT2D eigenvalue weighted by atomic mass is 16.2. The van der Waals surface area contributed by atoms with Crippen LogP contribution in [0.4, 0.5) is 0 Å². The Kier molecular flexibility index (Phi) is 4.41. The number of imide groups is 1. The molecule has 6 heteroatoms. The molecule has 2 amide bonds. The molecule has 0 aliphatic carbocycles. The van der Waals surface area contributed by atoms with Gasteiger partial charge in [-0.3, -0.25) is 24.3 Å². The summed E-state index contributed by atoms with van der Waals surface area (Å²) in [6, 6.07) is 4.63. The SMILES string of the molecule is Cc1nc2cccc(C#CC(C)(C)C)c2c(=O)n1C1CCC(=O)NC1=O. The lowest BCUT2D eigenvalue weighted by molar-refractivity contribution is -0.135. The van der Waals surface area contributed by atoms with E-state index in [2.05, 4.69) is 22.1 Å². The summed E-state index contributed by atoms with van der Waals surface area (Å²) in [5, 5.41) is 2.70. The van der Waals surface area contributed by atoms with Gasteiger partial charge in [-0.05, 0) is 46.2 Å². The fraction of sp³-hybridized carbons (Fsp3) is 0.400. The molecule has 2 aromatic rings. The monoisotopic (exact) mass is 351 g/mol. The average molecular weight is 351 g/mol. The maximum atomic E-state index is 13.2. The lowest BCUT2D eigenvalue weighted by Crippen LogP contribution is -2.45. The molecule has 1 atom stereocenters. The van der Waals surface area contributed by atoms with Gasteiger partial charge >= 0.3 is 0 Å². The first-order valence-electron chi connectivity index (χ1n) is 8.56. The fourth-order valence-electron chi connectivity index (χ4n) is 3.01. The van der Waals surface area contributed by atoms with Crippen molar-refractivity contribution >= 4 is 22.7 Å². The van der Waals surface area contributed by atoms with Gasteiger partial charge in [-0.15, -0.1) is 0 Å². The summed E-state index contributed by atoms with van der Waals surface area (Å²) in [4.78, 5) is 41.4. The van der Waals surface area contributed by atoms with Crippen molar-refractivity contribution in [3.63, 3.8) is 0 Å². The number of hydrogen-bond donors (Lipinski definition) is 1. The molecule has 26 heavy (non-hydrogen) atoms. The molecule has 0 saturated carbocycles. The molecule has 0 spiro atoms. The third kappa shape index (κ3) is 3.38. The molecular weight excluding hydrogens is 330 g/mol. The van der Waals surface area contributed by atoms with Crippen molar-refractivity contribution in [2.24, 2.45) is 5.41 Å². The van der Waals surface area contributed by atoms with Crippen LogP contribution in [0.2, 0.25) is 0 Å². The van der Waals surface area contributed by atoms with E-state index < -0.39 is 11.9 Å². The van der Waals surface area contributed by atoms with E-state index in [4.69, 9.17) is 0 Å². The number of rotatable bonds is 1. The molecule has 1 aromatic heterocycles. The van der Waals surface area contributed by atoms with E-state index in [0.717, 1.165) is 0 Å². The number of amides is 2. The lowest BCUT2D eigenvalue weighted by Gasteiger charge is -2.24. The molecule has 2 heterocycles. The summed E-state index contributed by atoms with van der Waals surface area (Å²) in [5.41, 5.74) is 0.636. The summed E-state index contributed by atoms with van der Waals surface area (Å²) < 4.78 is 1.38. The third-order valence-electron chi connectivity index (χ3n) is 4.20. The Morgan fingerprint density at radius 1 is 1.23 bits per heavy atom. The van der Waals surface area contributed by atoms with Crippen molar-refractivity contribution in [2.75, 3.05) is 0 Å². The van der Waals surface area contributed by atoms with Gasteiger partial charge in [-0.25, -0.2) is 4.98 Å². The second-order valence-corrected chi connectivity index (χ2v) is 7.50. The van der Waals surface area contributed by atoms with Crippen LogP contribution in [0.25, 0.3) is 10.9 Å². The molecular formula is C20H21N3O3. The van der Waals surface area contributed by atoms with Gasteiger partial charge in [0.2, 0.25) is 11.8 Å². The van der Waals surface area contributed by atoms with Crippen LogP contribution in [-0.2, 0) is 9.59 Å². The molecule has 1 aliphatic rings. The summed E-state index contributed by atoms with van der Waals surface area (Å²) in [6.45, 7) is 7.68. The quantitative estimate of drug-likeness (QED) is 0.630. The maximum absolute atomic E-state index is 13.2. The molecule has 6 nitrogen and oxygen atoms in total. The Labute approximate surface area is 151 Å². The van der Waals surface area contributed by atoms with Crippen LogP contribution < -0.4 is 10.9 Å². The summed E-state index contributed by atoms with van der Waals surface area (Å²) in [7, 11) is 0. The topological polar surface area (TPSA) is 81.1 Å². The van der Waals surface area contributed by atoms with E-state index >= 15 is 0 Å². The number of aromatic nitrogens is 2. The number of nitrogens with one attached hydrogen (secondary N) is 1. The summed E-state index contributed by atoms with van der Waals surface area (Å²) in [6.07, 6.45) is 0.486. The molecule has 3 rings (SSSR count). The highest BCUT2D eigenvalue weighted by Crippen LogP contribution is 2.21. The highest BCUT2D eigenvalue weighted by Gasteiger charge is 2.30. The minimum atomic E-state index is -0.735. The molecule has 1 aliphatic heterocycles. The van der Waals surface area contributed by atoms with E-state index in [0.29, 0.717) is 22.3 Å². The lowest BCUT2D eigenvalue weighted by atomic mass is 9.97. The van der Waals surface area contributed by atoms with E-state index in [1.807, 2.05) is 26.8 Å². The van der Waals surface area contributed by atoms with Gasteiger partial charge in [-0.2, -0.15) is 0 Å². The molecule has 1 aromatic carbocycles. The number of hydrogen-bond acceptors (Lipinski definition) is 4. The number of nitrogens with zero attached hydrogens (tertiary/aromatic N) is 2. The van der Waals surface area contributed by atoms with Gasteiger partial charge in [0.05, 0.1) is 10.9 Å². The van der Waals surface area contributed by atoms with E-state index in [1.165, 1.54) is 4.57 Å². The zero-order valence-corrected chi connectivity index (χ0v) is 15.3. The number of aryl methyl sites for hydroxylation is 1. The molecule has 134 valence electrons. The average Bonchev–Trinajstić information content (AvgIpc) is 2.53. The van der Waals surface area contributed by atoms with Gasteiger partial charge in [-0.1, -0.05) is 17.9 Å². The summed E-state index contributed by atoms with van der Waals surface area (Å²) in [5.74, 6) is 5.87. The normalized spacial score (nSPS) is 17.6. The van der Waals surface area contributed by atoms with E-state index in [1.54, 1.807) is 19.1 Å². The maximum Gasteiger partial charge on any atom is 0.263 e. The van der Waals surface area contributed by atoms with Gasteiger partial charge in [0.1, 0.15) is 11.9 Å². The highest BCUT2D eigenvalue weighted by molar-refractivity contribution is 5.99. The largest absolute Gasteiger partial charge is 0.295 e. The second kappa shape index (κ2) is 6.41. The van der Waals surface area contributed by atoms with Crippen molar-refractivity contribution in [1.82, 2.24) is 14.9 Å². The zero-order valence-electron chi connectivity index (χ0n) is 15.3. The van der Waals surface area contributed by atoms with Crippen LogP contribution in [-0.4, -0.2) is 21.4 Å². The smallest absolute Gasteiger partial charge is 0.263 e. The molecule has 1 N–H and O–H groups in total. The predicted molar refractivity (Wildman–Crippen MR) is 98.5 cm³/mol. The minimum absolute atomic E-state index is 0.200. The van der Waals surface area contributed by atoms with Gasteiger partial charge in [0, 0.05) is 17.4 Å². The van der Waals surface area contributed by atoms with Crippen LogP contribution in [0.1, 0.15) is 51.0 Å². The van der Waals surface area contributed by atoms with Crippen LogP contribution >= 0.6 is 0 Å². The standard InChI is InChI=1S/C20H21N3O3/c1-12-21-14-7-5-6-13(10-11-20(2,3)4)17(14)19(26)23(12)15-8-9-16(24)22-18(15)25/h5-7,15H,8-9H2,1-4H3,(H,22,24,25). The Morgan fingerprint density at radius 3 is 2.62 bits per heavy atom. The second-order valence-electron chi connectivity index (χ2n) is 7.50. The Balaban J connectivity index is 2.23. The van der Waals surface area contributed by atoms with E-state index in [9.17, 15) is 14.4 Å². The Morgan fingerprint density at radius 2 is 1.96 bits per heavy atom. The molecule has 1 fully saturated rings. The van der Waals surface area contributed by atoms with Crippen LogP contribution in [0.3, 0.4) is 0 Å². The van der Waals surface area contributed by atoms with E-state index in [-0.39, 0.29) is 29.7 Å². The predicted octanol–water partition coefficient (Wildman–Crippen LogP) is 2.08. The number of fused-ring (bicyclic) bond motifs is 1. The molecule has 0 radical (unpaired) electrons. The van der Waals surface area contributed by atoms with Gasteiger partial charge < -0.3 is 0 Å². The van der Waals surface area contributed by atoms with Crippen LogP contribution in [0.5, 0.6) is 0 Å². The Hall–Kier alpha value is -2.94. The third-order valence-corrected chi connectivity index (χ3v) is 4.20. The minimum Gasteiger partial charge on any atom is -0.295 e. The van der Waals surface area contributed by atoms with Gasteiger partial charge in [0.15, 0.2) is 0 Å². The van der Waals surface area contributed by atoms with Gasteiger partial charge in [0.25, 0.3) is 5.56 Å². The summed E-state index contributed by atoms with van der Waals surface area (Å²) >= 11 is 0. The van der Waals surface area contributed by atoms with Crippen molar-refractivity contribution < 1.29 is 9.59 Å². The van der Waals surface area contributed by atoms with Crippen molar-refractivity contribution in [3.05, 3.63) is 39.9 Å². The number of piperidine rings is 1. The molecule has 0 bridgehead atoms. The number of carbonyl (C=O) groups excluding carboxylic acids is 2. The first-order chi connectivity index (χ1) is 12.2. The first kappa shape index (κ1) is 17.9. The van der Waals surface area contributed by atoms with Crippen LogP contribution in [0, 0.1) is 24.2 Å². The van der Waals surface area contributed by atoms with Crippen molar-refractivity contribution in [1.29, 1.82) is 0 Å². The number of benzene rings is 1. The molecule has 1 saturated heterocycles. The van der Waals surface area contributed by atoms with Crippen molar-refractivity contribution in [2.45, 2.75) is 46.6 Å². The molecule has 1 unspecified atom stereocenters. The Bertz CT molecular complexity index is 1030. The van der Waals surface area contributed by atoms with Crippen molar-refractivity contribution in [3.8, 4) is 11.8 Å². The first-order valence-corrected chi connectivity index (χ1v) is 8.56. The fourth-order valence-corrected chi connectivity index (χ4v) is 3.01. The van der Waals surface area contributed by atoms with Crippen LogP contribution in [0.15, 0.2) is 23.0 Å². The number of carbonyl (C=O) groups is 2.